The van der Waals surface area contributed by atoms with Crippen LogP contribution < -0.4 is 9.80 Å². The molecule has 2 aromatic rings. The Kier molecular flexibility index (Phi) is 4.32. The standard InChI is InChI=1S/C18H26N6OS/c1-22-16(15-12-26-18(19-15)23-6-8-25-9-7-23)20-21-17(22)24-10-13-4-2-3-5-14(13)11-24/h12-14H,2-11H2,1H3. The monoisotopic (exact) mass is 374 g/mol. The number of aromatic nitrogens is 4. The number of ether oxygens (including phenoxy) is 1. The second-order valence-electron chi connectivity index (χ2n) is 7.71. The maximum absolute atomic E-state index is 5.44. The largest absolute Gasteiger partial charge is 0.378 e. The van der Waals surface area contributed by atoms with Gasteiger partial charge in [0.25, 0.3) is 0 Å². The molecule has 7 nitrogen and oxygen atoms in total. The lowest BCUT2D eigenvalue weighted by Gasteiger charge is -2.25. The number of morpholine rings is 1. The van der Waals surface area contributed by atoms with E-state index in [1.54, 1.807) is 11.3 Å². The fourth-order valence-electron chi connectivity index (χ4n) is 4.66. The van der Waals surface area contributed by atoms with Crippen LogP contribution in [0.3, 0.4) is 0 Å². The van der Waals surface area contributed by atoms with Crippen molar-refractivity contribution in [1.82, 2.24) is 19.7 Å². The van der Waals surface area contributed by atoms with Crippen LogP contribution in [0.15, 0.2) is 5.38 Å². The summed E-state index contributed by atoms with van der Waals surface area (Å²) in [5.74, 6) is 3.55. The summed E-state index contributed by atoms with van der Waals surface area (Å²) in [6.07, 6.45) is 5.53. The van der Waals surface area contributed by atoms with Gasteiger partial charge < -0.3 is 14.5 Å². The maximum atomic E-state index is 5.44. The summed E-state index contributed by atoms with van der Waals surface area (Å²) < 4.78 is 7.56. The number of nitrogens with zero attached hydrogens (tertiary/aromatic N) is 6. The Hall–Kier alpha value is -1.67. The minimum Gasteiger partial charge on any atom is -0.378 e. The zero-order valence-electron chi connectivity index (χ0n) is 15.3. The Labute approximate surface area is 158 Å². The van der Waals surface area contributed by atoms with E-state index in [-0.39, 0.29) is 0 Å². The molecule has 4 heterocycles. The first-order chi connectivity index (χ1) is 12.8. The molecule has 26 heavy (non-hydrogen) atoms. The highest BCUT2D eigenvalue weighted by Gasteiger charge is 2.36. The van der Waals surface area contributed by atoms with Crippen molar-refractivity contribution in [3.63, 3.8) is 0 Å². The molecular formula is C18H26N6OS. The Bertz CT molecular complexity index is 754. The van der Waals surface area contributed by atoms with Crippen molar-refractivity contribution in [2.75, 3.05) is 49.2 Å². The summed E-state index contributed by atoms with van der Waals surface area (Å²) in [5.41, 5.74) is 0.925. The van der Waals surface area contributed by atoms with Crippen LogP contribution in [0.2, 0.25) is 0 Å². The van der Waals surface area contributed by atoms with Crippen molar-refractivity contribution in [2.24, 2.45) is 18.9 Å². The predicted molar refractivity (Wildman–Crippen MR) is 103 cm³/mol. The molecule has 2 unspecified atom stereocenters. The third-order valence-corrected chi connectivity index (χ3v) is 7.02. The molecule has 2 aliphatic heterocycles. The molecule has 5 rings (SSSR count). The molecule has 3 fully saturated rings. The molecule has 0 bridgehead atoms. The predicted octanol–water partition coefficient (Wildman–Crippen LogP) is 2.40. The molecule has 0 N–H and O–H groups in total. The molecule has 140 valence electrons. The highest BCUT2D eigenvalue weighted by Crippen LogP contribution is 2.38. The highest BCUT2D eigenvalue weighted by molar-refractivity contribution is 7.14. The summed E-state index contributed by atoms with van der Waals surface area (Å²) >= 11 is 1.68. The summed E-state index contributed by atoms with van der Waals surface area (Å²) in [4.78, 5) is 9.55. The molecule has 0 amide bonds. The number of thiazole rings is 1. The average molecular weight is 375 g/mol. The van der Waals surface area contributed by atoms with Crippen molar-refractivity contribution in [1.29, 1.82) is 0 Å². The molecule has 2 atom stereocenters. The molecule has 3 aliphatic rings. The quantitative estimate of drug-likeness (QED) is 0.822. The van der Waals surface area contributed by atoms with Crippen LogP contribution in [0, 0.1) is 11.8 Å². The van der Waals surface area contributed by atoms with E-state index in [4.69, 9.17) is 9.72 Å². The molecule has 1 saturated carbocycles. The van der Waals surface area contributed by atoms with Crippen LogP contribution in [-0.4, -0.2) is 59.1 Å². The van der Waals surface area contributed by atoms with E-state index in [2.05, 4.69) is 37.0 Å². The Morgan fingerprint density at radius 3 is 2.50 bits per heavy atom. The van der Waals surface area contributed by atoms with Crippen LogP contribution in [-0.2, 0) is 11.8 Å². The first-order valence-corrected chi connectivity index (χ1v) is 10.6. The van der Waals surface area contributed by atoms with Gasteiger partial charge in [0.05, 0.1) is 13.2 Å². The van der Waals surface area contributed by atoms with E-state index in [0.29, 0.717) is 0 Å². The molecule has 2 aromatic heterocycles. The van der Waals surface area contributed by atoms with Gasteiger partial charge in [0.2, 0.25) is 5.95 Å². The topological polar surface area (TPSA) is 59.3 Å². The number of fused-ring (bicyclic) bond motifs is 1. The third-order valence-electron chi connectivity index (χ3n) is 6.11. The van der Waals surface area contributed by atoms with Gasteiger partial charge in [-0.2, -0.15) is 0 Å². The number of hydrogen-bond donors (Lipinski definition) is 0. The number of rotatable bonds is 3. The fraction of sp³-hybridized carbons (Fsp3) is 0.722. The third kappa shape index (κ3) is 2.89. The SMILES string of the molecule is Cn1c(-c2csc(N3CCOCC3)n2)nnc1N1CC2CCCCC2C1. The van der Waals surface area contributed by atoms with Gasteiger partial charge in [0.1, 0.15) is 5.69 Å². The zero-order chi connectivity index (χ0) is 17.5. The van der Waals surface area contributed by atoms with Gasteiger partial charge in [-0.25, -0.2) is 4.98 Å². The summed E-state index contributed by atoms with van der Waals surface area (Å²) in [5, 5.41) is 12.2. The first-order valence-electron chi connectivity index (χ1n) is 9.72. The Balaban J connectivity index is 1.36. The molecule has 0 radical (unpaired) electrons. The van der Waals surface area contributed by atoms with Gasteiger partial charge in [-0.3, -0.25) is 4.57 Å². The van der Waals surface area contributed by atoms with Crippen LogP contribution >= 0.6 is 11.3 Å². The minimum atomic E-state index is 0.778. The van der Waals surface area contributed by atoms with Gasteiger partial charge in [-0.05, 0) is 24.7 Å². The van der Waals surface area contributed by atoms with Gasteiger partial charge in [0.15, 0.2) is 11.0 Å². The highest BCUT2D eigenvalue weighted by atomic mass is 32.1. The van der Waals surface area contributed by atoms with Crippen LogP contribution in [0.5, 0.6) is 0 Å². The molecule has 1 aliphatic carbocycles. The summed E-state index contributed by atoms with van der Waals surface area (Å²) in [7, 11) is 2.07. The fourth-order valence-corrected chi connectivity index (χ4v) is 5.51. The van der Waals surface area contributed by atoms with Gasteiger partial charge in [0, 0.05) is 38.6 Å². The smallest absolute Gasteiger partial charge is 0.227 e. The van der Waals surface area contributed by atoms with Crippen molar-refractivity contribution in [3.05, 3.63) is 5.38 Å². The van der Waals surface area contributed by atoms with Gasteiger partial charge >= 0.3 is 0 Å². The second kappa shape index (κ2) is 6.81. The van der Waals surface area contributed by atoms with Crippen LogP contribution in [0.25, 0.3) is 11.5 Å². The minimum absolute atomic E-state index is 0.778. The van der Waals surface area contributed by atoms with Crippen molar-refractivity contribution < 1.29 is 4.74 Å². The van der Waals surface area contributed by atoms with Crippen LogP contribution in [0.4, 0.5) is 11.1 Å². The van der Waals surface area contributed by atoms with Crippen molar-refractivity contribution in [2.45, 2.75) is 25.7 Å². The number of anilines is 2. The number of hydrogen-bond acceptors (Lipinski definition) is 7. The second-order valence-corrected chi connectivity index (χ2v) is 8.54. The molecule has 2 saturated heterocycles. The average Bonchev–Trinajstić information content (AvgIpc) is 3.39. The Morgan fingerprint density at radius 2 is 1.77 bits per heavy atom. The lowest BCUT2D eigenvalue weighted by atomic mass is 9.82. The van der Waals surface area contributed by atoms with E-state index in [9.17, 15) is 0 Å². The first kappa shape index (κ1) is 16.5. The maximum Gasteiger partial charge on any atom is 0.227 e. The van der Waals surface area contributed by atoms with E-state index in [1.165, 1.54) is 25.7 Å². The van der Waals surface area contributed by atoms with Crippen molar-refractivity contribution >= 4 is 22.4 Å². The van der Waals surface area contributed by atoms with Crippen molar-refractivity contribution in [3.8, 4) is 11.5 Å². The van der Waals surface area contributed by atoms with E-state index in [1.807, 2.05) is 0 Å². The van der Waals surface area contributed by atoms with E-state index in [0.717, 1.165) is 73.8 Å². The lowest BCUT2D eigenvalue weighted by Crippen LogP contribution is -2.36. The summed E-state index contributed by atoms with van der Waals surface area (Å²) in [6, 6.07) is 0. The van der Waals surface area contributed by atoms with Crippen LogP contribution in [0.1, 0.15) is 25.7 Å². The molecule has 0 aromatic carbocycles. The molecule has 0 spiro atoms. The molecular weight excluding hydrogens is 348 g/mol. The van der Waals surface area contributed by atoms with Gasteiger partial charge in [-0.15, -0.1) is 21.5 Å². The zero-order valence-corrected chi connectivity index (χ0v) is 16.1. The molecule has 8 heteroatoms. The normalized spacial score (nSPS) is 26.3. The Morgan fingerprint density at radius 1 is 1.04 bits per heavy atom. The van der Waals surface area contributed by atoms with Gasteiger partial charge in [-0.1, -0.05) is 12.8 Å². The van der Waals surface area contributed by atoms with E-state index >= 15 is 0 Å². The van der Waals surface area contributed by atoms with E-state index < -0.39 is 0 Å². The summed E-state index contributed by atoms with van der Waals surface area (Å²) in [6.45, 7) is 5.64. The lowest BCUT2D eigenvalue weighted by molar-refractivity contribution is 0.122.